The smallest absolute Gasteiger partial charge is 0.284 e. The van der Waals surface area contributed by atoms with Gasteiger partial charge in [0, 0.05) is 12.1 Å². The molecule has 0 aliphatic carbocycles. The van der Waals surface area contributed by atoms with Crippen molar-refractivity contribution in [2.75, 3.05) is 10.5 Å². The fourth-order valence-electron chi connectivity index (χ4n) is 3.30. The zero-order chi connectivity index (χ0) is 21.1. The lowest BCUT2D eigenvalue weighted by molar-refractivity contribution is 0.0716. The third-order valence-corrected chi connectivity index (χ3v) is 7.07. The summed E-state index contributed by atoms with van der Waals surface area (Å²) >= 11 is 1.40. The molecule has 2 aromatic carbocycles. The van der Waals surface area contributed by atoms with Crippen LogP contribution >= 0.6 is 11.3 Å². The van der Waals surface area contributed by atoms with E-state index in [9.17, 15) is 13.2 Å². The molecule has 4 rings (SSSR count). The van der Waals surface area contributed by atoms with Crippen molar-refractivity contribution >= 4 is 38.7 Å². The zero-order valence-electron chi connectivity index (χ0n) is 16.4. The first kappa shape index (κ1) is 20.3. The summed E-state index contributed by atoms with van der Waals surface area (Å²) < 4.78 is 26.1. The standard InChI is InChI=1S/C22H21N3O3S2/c1-2-30(27,28)24-18-12-10-16(11-13-18)19-15-20(17-7-4-3-5-8-17)25(23-19)22(26)21-9-6-14-29-21/h3-14,20,24H,2,15H2,1H3/t20-/m0/s1. The van der Waals surface area contributed by atoms with E-state index in [-0.39, 0.29) is 17.7 Å². The van der Waals surface area contributed by atoms with Gasteiger partial charge in [0.05, 0.1) is 22.4 Å². The summed E-state index contributed by atoms with van der Waals surface area (Å²) in [4.78, 5) is 13.7. The van der Waals surface area contributed by atoms with Gasteiger partial charge < -0.3 is 0 Å². The van der Waals surface area contributed by atoms with Crippen molar-refractivity contribution in [3.63, 3.8) is 0 Å². The van der Waals surface area contributed by atoms with Crippen molar-refractivity contribution in [3.05, 3.63) is 88.1 Å². The first-order chi connectivity index (χ1) is 14.5. The maximum absolute atomic E-state index is 13.1. The van der Waals surface area contributed by atoms with E-state index in [2.05, 4.69) is 9.82 Å². The van der Waals surface area contributed by atoms with Crippen molar-refractivity contribution in [1.29, 1.82) is 0 Å². The Labute approximate surface area is 179 Å². The fourth-order valence-corrected chi connectivity index (χ4v) is 4.60. The molecule has 30 heavy (non-hydrogen) atoms. The molecule has 0 radical (unpaired) electrons. The monoisotopic (exact) mass is 439 g/mol. The number of sulfonamides is 1. The van der Waals surface area contributed by atoms with Gasteiger partial charge in [0.25, 0.3) is 5.91 Å². The highest BCUT2D eigenvalue weighted by Crippen LogP contribution is 2.34. The van der Waals surface area contributed by atoms with Crippen LogP contribution in [0.15, 0.2) is 77.2 Å². The number of hydrogen-bond donors (Lipinski definition) is 1. The van der Waals surface area contributed by atoms with Crippen LogP contribution in [0.3, 0.4) is 0 Å². The van der Waals surface area contributed by atoms with Gasteiger partial charge in [-0.05, 0) is 41.6 Å². The van der Waals surface area contributed by atoms with Crippen LogP contribution in [0, 0.1) is 0 Å². The number of hydrazone groups is 1. The molecule has 8 heteroatoms. The van der Waals surface area contributed by atoms with Crippen LogP contribution in [0.25, 0.3) is 0 Å². The molecular weight excluding hydrogens is 418 g/mol. The minimum atomic E-state index is -3.33. The minimum Gasteiger partial charge on any atom is -0.284 e. The maximum atomic E-state index is 13.1. The zero-order valence-corrected chi connectivity index (χ0v) is 18.0. The molecule has 0 spiro atoms. The number of hydrogen-bond acceptors (Lipinski definition) is 5. The van der Waals surface area contributed by atoms with Gasteiger partial charge in [-0.25, -0.2) is 13.4 Å². The van der Waals surface area contributed by atoms with E-state index in [1.54, 1.807) is 30.1 Å². The number of carbonyl (C=O) groups is 1. The van der Waals surface area contributed by atoms with Crippen LogP contribution in [-0.4, -0.2) is 30.8 Å². The molecule has 1 aliphatic heterocycles. The predicted molar refractivity (Wildman–Crippen MR) is 120 cm³/mol. The van der Waals surface area contributed by atoms with Gasteiger partial charge in [-0.1, -0.05) is 48.5 Å². The number of anilines is 1. The third kappa shape index (κ3) is 4.29. The summed E-state index contributed by atoms with van der Waals surface area (Å²) in [5.41, 5.74) is 3.18. The number of amides is 1. The van der Waals surface area contributed by atoms with Crippen molar-refractivity contribution in [2.45, 2.75) is 19.4 Å². The summed E-state index contributed by atoms with van der Waals surface area (Å²) in [6.45, 7) is 1.59. The molecule has 1 atom stereocenters. The van der Waals surface area contributed by atoms with Gasteiger partial charge >= 0.3 is 0 Å². The molecule has 0 saturated carbocycles. The number of nitrogens with zero attached hydrogens (tertiary/aromatic N) is 2. The second kappa shape index (κ2) is 8.41. The Morgan fingerprint density at radius 3 is 2.47 bits per heavy atom. The van der Waals surface area contributed by atoms with Crippen LogP contribution in [0.4, 0.5) is 5.69 Å². The van der Waals surface area contributed by atoms with E-state index in [0.29, 0.717) is 17.0 Å². The molecule has 0 unspecified atom stereocenters. The van der Waals surface area contributed by atoms with Crippen molar-refractivity contribution in [2.24, 2.45) is 5.10 Å². The summed E-state index contributed by atoms with van der Waals surface area (Å²) in [7, 11) is -3.33. The second-order valence-corrected chi connectivity index (χ2v) is 9.85. The van der Waals surface area contributed by atoms with Crippen LogP contribution in [-0.2, 0) is 10.0 Å². The Kier molecular flexibility index (Phi) is 5.69. The molecule has 6 nitrogen and oxygen atoms in total. The first-order valence-corrected chi connectivity index (χ1v) is 12.1. The SMILES string of the molecule is CCS(=O)(=O)Nc1ccc(C2=NN(C(=O)c3cccs3)[C@H](c3ccccc3)C2)cc1. The summed E-state index contributed by atoms with van der Waals surface area (Å²) in [6.07, 6.45) is 0.584. The largest absolute Gasteiger partial charge is 0.284 e. The van der Waals surface area contributed by atoms with E-state index in [1.165, 1.54) is 11.3 Å². The Hall–Kier alpha value is -2.97. The highest BCUT2D eigenvalue weighted by atomic mass is 32.2. The number of benzene rings is 2. The van der Waals surface area contributed by atoms with E-state index in [1.807, 2.05) is 53.9 Å². The molecule has 0 fully saturated rings. The molecule has 0 saturated heterocycles. The summed E-state index contributed by atoms with van der Waals surface area (Å²) in [5, 5.41) is 8.10. The van der Waals surface area contributed by atoms with Gasteiger partial charge in [0.1, 0.15) is 0 Å². The van der Waals surface area contributed by atoms with E-state index < -0.39 is 10.0 Å². The predicted octanol–water partition coefficient (Wildman–Crippen LogP) is 4.50. The van der Waals surface area contributed by atoms with Gasteiger partial charge in [-0.3, -0.25) is 9.52 Å². The Morgan fingerprint density at radius 2 is 1.83 bits per heavy atom. The third-order valence-electron chi connectivity index (χ3n) is 4.91. The molecule has 2 heterocycles. The Morgan fingerprint density at radius 1 is 1.10 bits per heavy atom. The topological polar surface area (TPSA) is 78.8 Å². The van der Waals surface area contributed by atoms with Crippen molar-refractivity contribution < 1.29 is 13.2 Å². The van der Waals surface area contributed by atoms with Gasteiger partial charge in [-0.15, -0.1) is 11.3 Å². The van der Waals surface area contributed by atoms with Gasteiger partial charge in [0.2, 0.25) is 10.0 Å². The first-order valence-electron chi connectivity index (χ1n) is 9.57. The van der Waals surface area contributed by atoms with Crippen LogP contribution in [0.1, 0.15) is 40.2 Å². The molecular formula is C22H21N3O3S2. The summed E-state index contributed by atoms with van der Waals surface area (Å²) in [5.74, 6) is -0.110. The van der Waals surface area contributed by atoms with Crippen LogP contribution in [0.2, 0.25) is 0 Å². The molecule has 1 amide bonds. The van der Waals surface area contributed by atoms with Crippen molar-refractivity contribution in [3.8, 4) is 0 Å². The van der Waals surface area contributed by atoms with Gasteiger partial charge in [-0.2, -0.15) is 5.10 Å². The number of rotatable bonds is 6. The maximum Gasteiger partial charge on any atom is 0.284 e. The second-order valence-electron chi connectivity index (χ2n) is 6.89. The minimum absolute atomic E-state index is 0.0139. The van der Waals surface area contributed by atoms with Crippen LogP contribution in [0.5, 0.6) is 0 Å². The fraction of sp³-hybridized carbons (Fsp3) is 0.182. The van der Waals surface area contributed by atoms with Crippen LogP contribution < -0.4 is 4.72 Å². The Balaban J connectivity index is 1.63. The lowest BCUT2D eigenvalue weighted by atomic mass is 9.98. The summed E-state index contributed by atoms with van der Waals surface area (Å²) in [6, 6.07) is 20.4. The molecule has 1 aromatic heterocycles. The molecule has 0 bridgehead atoms. The average Bonchev–Trinajstić information content (AvgIpc) is 3.45. The van der Waals surface area contributed by atoms with E-state index in [0.717, 1.165) is 16.8 Å². The quantitative estimate of drug-likeness (QED) is 0.614. The lowest BCUT2D eigenvalue weighted by Crippen LogP contribution is -2.26. The number of carbonyl (C=O) groups excluding carboxylic acids is 1. The number of thiophene rings is 1. The van der Waals surface area contributed by atoms with E-state index in [4.69, 9.17) is 0 Å². The average molecular weight is 440 g/mol. The molecule has 3 aromatic rings. The molecule has 154 valence electrons. The normalized spacial score (nSPS) is 16.4. The molecule has 1 N–H and O–H groups in total. The Bertz CT molecular complexity index is 1160. The lowest BCUT2D eigenvalue weighted by Gasteiger charge is -2.21. The van der Waals surface area contributed by atoms with Crippen molar-refractivity contribution in [1.82, 2.24) is 5.01 Å². The molecule has 1 aliphatic rings. The highest BCUT2D eigenvalue weighted by molar-refractivity contribution is 7.92. The van der Waals surface area contributed by atoms with Gasteiger partial charge in [0.15, 0.2) is 0 Å². The highest BCUT2D eigenvalue weighted by Gasteiger charge is 2.33. The number of nitrogens with one attached hydrogen (secondary N) is 1. The van der Waals surface area contributed by atoms with E-state index >= 15 is 0 Å².